The summed E-state index contributed by atoms with van der Waals surface area (Å²) in [5.41, 5.74) is 5.80. The van der Waals surface area contributed by atoms with E-state index in [4.69, 9.17) is 28.2 Å². The van der Waals surface area contributed by atoms with Gasteiger partial charge in [0.05, 0.1) is 10.6 Å². The molecule has 1 unspecified atom stereocenters. The van der Waals surface area contributed by atoms with Crippen molar-refractivity contribution in [1.29, 1.82) is 0 Å². The number of rotatable bonds is 5. The average molecular weight is 478 g/mol. The number of halogens is 1. The summed E-state index contributed by atoms with van der Waals surface area (Å²) in [6.07, 6.45) is 1.07. The Morgan fingerprint density at radius 3 is 2.58 bits per heavy atom. The summed E-state index contributed by atoms with van der Waals surface area (Å²) in [6, 6.07) is 18.9. The molecule has 0 spiro atoms. The van der Waals surface area contributed by atoms with Gasteiger partial charge in [0.25, 0.3) is 5.91 Å². The van der Waals surface area contributed by atoms with Crippen LogP contribution in [-0.4, -0.2) is 16.0 Å². The minimum atomic E-state index is -0.364. The van der Waals surface area contributed by atoms with Crippen molar-refractivity contribution in [3.8, 4) is 11.5 Å². The molecule has 2 N–H and O–H groups in total. The first kappa shape index (κ1) is 23.0. The van der Waals surface area contributed by atoms with E-state index in [1.165, 1.54) is 5.56 Å². The van der Waals surface area contributed by atoms with E-state index in [1.54, 1.807) is 12.1 Å². The zero-order valence-electron chi connectivity index (χ0n) is 18.6. The molecule has 0 fully saturated rings. The molecule has 33 heavy (non-hydrogen) atoms. The van der Waals surface area contributed by atoms with Crippen LogP contribution in [0.3, 0.4) is 0 Å². The number of hydrogen-bond acceptors (Lipinski definition) is 4. The maximum absolute atomic E-state index is 12.4. The van der Waals surface area contributed by atoms with Gasteiger partial charge in [-0.05, 0) is 91.1 Å². The molecule has 5 nitrogen and oxygen atoms in total. The van der Waals surface area contributed by atoms with Crippen molar-refractivity contribution in [2.75, 3.05) is 5.32 Å². The highest BCUT2D eigenvalue weighted by atomic mass is 35.5. The lowest BCUT2D eigenvalue weighted by molar-refractivity contribution is 0.0978. The van der Waals surface area contributed by atoms with Gasteiger partial charge in [-0.3, -0.25) is 10.1 Å². The number of anilines is 1. The number of carbonyl (C=O) groups is 1. The molecule has 0 saturated carbocycles. The lowest BCUT2D eigenvalue weighted by atomic mass is 9.98. The molecule has 7 heteroatoms. The molecule has 3 aromatic carbocycles. The average Bonchev–Trinajstić information content (AvgIpc) is 3.22. The van der Waals surface area contributed by atoms with Gasteiger partial charge in [-0.25, -0.2) is 4.98 Å². The number of hydrogen-bond donors (Lipinski definition) is 2. The molecule has 1 atom stereocenters. The summed E-state index contributed by atoms with van der Waals surface area (Å²) >= 11 is 11.4. The fraction of sp³-hybridized carbons (Fsp3) is 0.192. The first-order chi connectivity index (χ1) is 15.8. The quantitative estimate of drug-likeness (QED) is 0.300. The van der Waals surface area contributed by atoms with Crippen LogP contribution in [0.15, 0.2) is 65.1 Å². The fourth-order valence-corrected chi connectivity index (χ4v) is 3.97. The number of thiocarbonyl (C=S) groups is 1. The Labute approximate surface area is 203 Å². The summed E-state index contributed by atoms with van der Waals surface area (Å²) in [5, 5.41) is 6.23. The van der Waals surface area contributed by atoms with Crippen LogP contribution in [0.5, 0.6) is 0 Å². The van der Waals surface area contributed by atoms with Gasteiger partial charge in [0.1, 0.15) is 5.52 Å². The van der Waals surface area contributed by atoms with E-state index in [1.807, 2.05) is 43.3 Å². The molecule has 1 amide bonds. The number of nitrogens with zero attached hydrogens (tertiary/aromatic N) is 1. The number of benzene rings is 3. The summed E-state index contributed by atoms with van der Waals surface area (Å²) < 4.78 is 5.94. The van der Waals surface area contributed by atoms with Gasteiger partial charge in [-0.2, -0.15) is 0 Å². The number of aromatic nitrogens is 1. The molecule has 0 radical (unpaired) electrons. The first-order valence-electron chi connectivity index (χ1n) is 10.7. The van der Waals surface area contributed by atoms with Crippen molar-refractivity contribution in [2.24, 2.45) is 0 Å². The van der Waals surface area contributed by atoms with Gasteiger partial charge >= 0.3 is 0 Å². The third-order valence-corrected chi connectivity index (χ3v) is 6.10. The summed E-state index contributed by atoms with van der Waals surface area (Å²) in [7, 11) is 0. The van der Waals surface area contributed by atoms with Crippen molar-refractivity contribution in [1.82, 2.24) is 10.3 Å². The van der Waals surface area contributed by atoms with Gasteiger partial charge in [0.15, 0.2) is 10.7 Å². The summed E-state index contributed by atoms with van der Waals surface area (Å²) in [4.78, 5) is 17.1. The van der Waals surface area contributed by atoms with Crippen molar-refractivity contribution in [3.63, 3.8) is 0 Å². The second kappa shape index (κ2) is 9.73. The van der Waals surface area contributed by atoms with Crippen molar-refractivity contribution < 1.29 is 9.21 Å². The predicted molar refractivity (Wildman–Crippen MR) is 138 cm³/mol. The number of aryl methyl sites for hydroxylation is 1. The lowest BCUT2D eigenvalue weighted by Crippen LogP contribution is -2.34. The van der Waals surface area contributed by atoms with Crippen LogP contribution in [0.25, 0.3) is 22.6 Å². The van der Waals surface area contributed by atoms with Crippen LogP contribution < -0.4 is 10.6 Å². The normalized spacial score (nSPS) is 11.9. The van der Waals surface area contributed by atoms with Crippen LogP contribution in [0.1, 0.15) is 47.7 Å². The minimum Gasteiger partial charge on any atom is -0.436 e. The van der Waals surface area contributed by atoms with Crippen molar-refractivity contribution >= 4 is 51.6 Å². The number of amides is 1. The van der Waals surface area contributed by atoms with Gasteiger partial charge in [-0.15, -0.1) is 0 Å². The van der Waals surface area contributed by atoms with Crippen LogP contribution in [0, 0.1) is 6.92 Å². The van der Waals surface area contributed by atoms with E-state index >= 15 is 0 Å². The van der Waals surface area contributed by atoms with E-state index in [9.17, 15) is 4.79 Å². The number of fused-ring (bicyclic) bond motifs is 1. The Hall–Kier alpha value is -3.22. The highest BCUT2D eigenvalue weighted by molar-refractivity contribution is 7.80. The smallest absolute Gasteiger partial charge is 0.258 e. The van der Waals surface area contributed by atoms with Gasteiger partial charge in [-0.1, -0.05) is 37.6 Å². The fourth-order valence-electron chi connectivity index (χ4n) is 3.44. The van der Waals surface area contributed by atoms with Gasteiger partial charge in [0.2, 0.25) is 5.89 Å². The Kier molecular flexibility index (Phi) is 6.77. The summed E-state index contributed by atoms with van der Waals surface area (Å²) in [6.45, 7) is 6.29. The van der Waals surface area contributed by atoms with Crippen LogP contribution in [0.4, 0.5) is 5.69 Å². The SMILES string of the molecule is CCC(C)c1ccc2oc(-c3ccc(NC(=S)NC(=O)c4ccc(C)cc4Cl)cc3)nc2c1. The van der Waals surface area contributed by atoms with Crippen LogP contribution >= 0.6 is 23.8 Å². The maximum atomic E-state index is 12.4. The zero-order valence-corrected chi connectivity index (χ0v) is 20.2. The lowest BCUT2D eigenvalue weighted by Gasteiger charge is -2.11. The Bertz CT molecular complexity index is 1330. The van der Waals surface area contributed by atoms with Gasteiger partial charge < -0.3 is 9.73 Å². The van der Waals surface area contributed by atoms with E-state index < -0.39 is 0 Å². The molecule has 4 rings (SSSR count). The Morgan fingerprint density at radius 2 is 1.88 bits per heavy atom. The van der Waals surface area contributed by atoms with Crippen molar-refractivity contribution in [2.45, 2.75) is 33.1 Å². The molecule has 168 valence electrons. The first-order valence-corrected chi connectivity index (χ1v) is 11.5. The predicted octanol–water partition coefficient (Wildman–Crippen LogP) is 7.10. The number of nitrogens with one attached hydrogen (secondary N) is 2. The topological polar surface area (TPSA) is 67.2 Å². The molecule has 0 aliphatic carbocycles. The van der Waals surface area contributed by atoms with E-state index in [2.05, 4.69) is 41.6 Å². The molecule has 0 saturated heterocycles. The van der Waals surface area contributed by atoms with Crippen molar-refractivity contribution in [3.05, 3.63) is 82.4 Å². The monoisotopic (exact) mass is 477 g/mol. The third-order valence-electron chi connectivity index (χ3n) is 5.58. The standard InChI is InChI=1S/C26H24ClN3O2S/c1-4-16(3)18-8-12-23-22(14-18)29-25(32-23)17-6-9-19(10-7-17)28-26(33)30-24(31)20-11-5-15(2)13-21(20)27/h5-14,16H,4H2,1-3H3,(H2,28,30,31,33). The number of oxazole rings is 1. The van der Waals surface area contributed by atoms with E-state index in [-0.39, 0.29) is 11.0 Å². The molecule has 0 aliphatic rings. The Morgan fingerprint density at radius 1 is 1.12 bits per heavy atom. The molecule has 0 bridgehead atoms. The number of carbonyl (C=O) groups excluding carboxylic acids is 1. The highest BCUT2D eigenvalue weighted by Gasteiger charge is 2.13. The second-order valence-corrected chi connectivity index (χ2v) is 8.84. The second-order valence-electron chi connectivity index (χ2n) is 8.02. The van der Waals surface area contributed by atoms with Crippen LogP contribution in [0.2, 0.25) is 5.02 Å². The molecule has 1 heterocycles. The molecule has 4 aromatic rings. The largest absolute Gasteiger partial charge is 0.436 e. The molecule has 0 aliphatic heterocycles. The van der Waals surface area contributed by atoms with E-state index in [0.29, 0.717) is 22.4 Å². The molecule has 1 aromatic heterocycles. The Balaban J connectivity index is 1.43. The zero-order chi connectivity index (χ0) is 23.5. The molecular weight excluding hydrogens is 454 g/mol. The highest BCUT2D eigenvalue weighted by Crippen LogP contribution is 2.28. The maximum Gasteiger partial charge on any atom is 0.258 e. The summed E-state index contributed by atoms with van der Waals surface area (Å²) in [5.74, 6) is 0.673. The van der Waals surface area contributed by atoms with Crippen LogP contribution in [-0.2, 0) is 0 Å². The minimum absolute atomic E-state index is 0.184. The van der Waals surface area contributed by atoms with E-state index in [0.717, 1.165) is 34.3 Å². The van der Waals surface area contributed by atoms with Gasteiger partial charge in [0, 0.05) is 11.3 Å². The third kappa shape index (κ3) is 5.24. The molecular formula is C26H24ClN3O2S.